The van der Waals surface area contributed by atoms with E-state index in [9.17, 15) is 13.2 Å². The predicted octanol–water partition coefficient (Wildman–Crippen LogP) is 2.28. The topological polar surface area (TPSA) is 24.5 Å². The van der Waals surface area contributed by atoms with Crippen LogP contribution >= 0.6 is 0 Å². The van der Waals surface area contributed by atoms with E-state index in [0.717, 1.165) is 39.0 Å². The molecule has 0 aromatic carbocycles. The number of likely N-dealkylation sites (tertiary alicyclic amines) is 1. The molecule has 0 aromatic heterocycles. The second-order valence-electron chi connectivity index (χ2n) is 5.18. The van der Waals surface area contributed by atoms with E-state index >= 15 is 0 Å². The van der Waals surface area contributed by atoms with Gasteiger partial charge >= 0.3 is 6.18 Å². The van der Waals surface area contributed by atoms with Crippen LogP contribution in [0.3, 0.4) is 0 Å². The Hall–Kier alpha value is -0.330. The van der Waals surface area contributed by atoms with Gasteiger partial charge in [0.25, 0.3) is 0 Å². The van der Waals surface area contributed by atoms with Crippen molar-refractivity contribution in [2.24, 2.45) is 5.92 Å². The Morgan fingerprint density at radius 3 is 2.84 bits per heavy atom. The van der Waals surface area contributed by atoms with Crippen molar-refractivity contribution in [2.75, 3.05) is 45.9 Å². The molecule has 1 heterocycles. The van der Waals surface area contributed by atoms with Gasteiger partial charge in [0.2, 0.25) is 0 Å². The molecule has 1 rings (SSSR count). The fourth-order valence-corrected chi connectivity index (χ4v) is 2.39. The lowest BCUT2D eigenvalue weighted by molar-refractivity contribution is -0.174. The number of nitrogens with one attached hydrogen (secondary N) is 1. The summed E-state index contributed by atoms with van der Waals surface area (Å²) >= 11 is 0. The maximum Gasteiger partial charge on any atom is 0.411 e. The average Bonchev–Trinajstić information content (AvgIpc) is 2.35. The maximum atomic E-state index is 11.9. The molecular weight excluding hydrogens is 257 g/mol. The predicted molar refractivity (Wildman–Crippen MR) is 69.2 cm³/mol. The number of hydrogen-bond donors (Lipinski definition) is 1. The summed E-state index contributed by atoms with van der Waals surface area (Å²) < 4.78 is 40.4. The molecule has 1 unspecified atom stereocenters. The number of alkyl halides is 3. The minimum Gasteiger partial charge on any atom is -0.371 e. The molecule has 0 aromatic rings. The van der Waals surface area contributed by atoms with Gasteiger partial charge in [-0.3, -0.25) is 0 Å². The molecule has 0 aliphatic carbocycles. The van der Waals surface area contributed by atoms with Gasteiger partial charge < -0.3 is 15.0 Å². The summed E-state index contributed by atoms with van der Waals surface area (Å²) in [7, 11) is 0. The van der Waals surface area contributed by atoms with Crippen molar-refractivity contribution >= 4 is 0 Å². The molecular formula is C13H25F3N2O. The molecule has 1 aliphatic heterocycles. The van der Waals surface area contributed by atoms with Crippen LogP contribution in [0.2, 0.25) is 0 Å². The third-order valence-electron chi connectivity index (χ3n) is 3.28. The van der Waals surface area contributed by atoms with Crippen LogP contribution < -0.4 is 5.32 Å². The summed E-state index contributed by atoms with van der Waals surface area (Å²) in [6, 6.07) is 0. The molecule has 19 heavy (non-hydrogen) atoms. The number of ether oxygens (including phenoxy) is 1. The molecule has 1 N–H and O–H groups in total. The van der Waals surface area contributed by atoms with Crippen LogP contribution in [0, 0.1) is 5.92 Å². The van der Waals surface area contributed by atoms with Gasteiger partial charge in [-0.25, -0.2) is 0 Å². The van der Waals surface area contributed by atoms with Crippen LogP contribution in [0.4, 0.5) is 13.2 Å². The number of piperidine rings is 1. The van der Waals surface area contributed by atoms with E-state index in [1.165, 1.54) is 6.42 Å². The van der Waals surface area contributed by atoms with Crippen LogP contribution in [0.25, 0.3) is 0 Å². The zero-order valence-corrected chi connectivity index (χ0v) is 11.6. The van der Waals surface area contributed by atoms with E-state index in [4.69, 9.17) is 0 Å². The SMILES string of the molecule is CCCNCC1CCCN(CCOCC(F)(F)F)C1. The molecule has 3 nitrogen and oxygen atoms in total. The highest BCUT2D eigenvalue weighted by molar-refractivity contribution is 4.74. The summed E-state index contributed by atoms with van der Waals surface area (Å²) in [6.45, 7) is 5.74. The summed E-state index contributed by atoms with van der Waals surface area (Å²) in [5.74, 6) is 0.614. The van der Waals surface area contributed by atoms with Gasteiger partial charge in [0.15, 0.2) is 0 Å². The Bertz CT molecular complexity index is 236. The van der Waals surface area contributed by atoms with Gasteiger partial charge in [-0.2, -0.15) is 13.2 Å². The summed E-state index contributed by atoms with van der Waals surface area (Å²) in [6.07, 6.45) is -0.759. The lowest BCUT2D eigenvalue weighted by Crippen LogP contribution is -2.41. The fourth-order valence-electron chi connectivity index (χ4n) is 2.39. The number of halogens is 3. The Morgan fingerprint density at radius 2 is 2.16 bits per heavy atom. The highest BCUT2D eigenvalue weighted by atomic mass is 19.4. The first kappa shape index (κ1) is 16.7. The number of nitrogens with zero attached hydrogens (tertiary/aromatic N) is 1. The standard InChI is InChI=1S/C13H25F3N2O/c1-2-5-17-9-12-4-3-6-18(10-12)7-8-19-11-13(14,15)16/h12,17H,2-11H2,1H3. The lowest BCUT2D eigenvalue weighted by atomic mass is 9.98. The van der Waals surface area contributed by atoms with Crippen molar-refractivity contribution in [1.29, 1.82) is 0 Å². The minimum atomic E-state index is -4.21. The Balaban J connectivity index is 2.09. The van der Waals surface area contributed by atoms with E-state index in [-0.39, 0.29) is 6.61 Å². The normalized spacial score (nSPS) is 21.8. The lowest BCUT2D eigenvalue weighted by Gasteiger charge is -2.32. The van der Waals surface area contributed by atoms with Crippen LogP contribution in [-0.2, 0) is 4.74 Å². The molecule has 0 bridgehead atoms. The van der Waals surface area contributed by atoms with E-state index < -0.39 is 12.8 Å². The molecule has 1 fully saturated rings. The third kappa shape index (κ3) is 8.44. The van der Waals surface area contributed by atoms with E-state index in [0.29, 0.717) is 12.5 Å². The third-order valence-corrected chi connectivity index (χ3v) is 3.28. The fraction of sp³-hybridized carbons (Fsp3) is 1.00. The first-order chi connectivity index (χ1) is 9.01. The van der Waals surface area contributed by atoms with Gasteiger partial charge in [0.05, 0.1) is 6.61 Å². The van der Waals surface area contributed by atoms with Crippen LogP contribution in [0.5, 0.6) is 0 Å². The van der Waals surface area contributed by atoms with Crippen molar-refractivity contribution in [3.63, 3.8) is 0 Å². The van der Waals surface area contributed by atoms with Crippen molar-refractivity contribution in [2.45, 2.75) is 32.4 Å². The highest BCUT2D eigenvalue weighted by Gasteiger charge is 2.27. The molecule has 114 valence electrons. The van der Waals surface area contributed by atoms with E-state index in [2.05, 4.69) is 21.9 Å². The zero-order valence-electron chi connectivity index (χ0n) is 11.6. The Kier molecular flexibility index (Phi) is 7.71. The second-order valence-corrected chi connectivity index (χ2v) is 5.18. The molecule has 0 radical (unpaired) electrons. The smallest absolute Gasteiger partial charge is 0.371 e. The Morgan fingerprint density at radius 1 is 1.37 bits per heavy atom. The molecule has 1 atom stereocenters. The molecule has 0 saturated carbocycles. The van der Waals surface area contributed by atoms with Gasteiger partial charge in [0.1, 0.15) is 6.61 Å². The van der Waals surface area contributed by atoms with Gasteiger partial charge in [-0.05, 0) is 44.8 Å². The molecule has 6 heteroatoms. The molecule has 1 aliphatic rings. The van der Waals surface area contributed by atoms with Gasteiger partial charge in [-0.15, -0.1) is 0 Å². The quantitative estimate of drug-likeness (QED) is 0.691. The Labute approximate surface area is 113 Å². The molecule has 0 spiro atoms. The first-order valence-corrected chi connectivity index (χ1v) is 7.09. The van der Waals surface area contributed by atoms with Crippen LogP contribution in [-0.4, -0.2) is 57.0 Å². The van der Waals surface area contributed by atoms with Crippen LogP contribution in [0.1, 0.15) is 26.2 Å². The second kappa shape index (κ2) is 8.76. The van der Waals surface area contributed by atoms with Gasteiger partial charge in [-0.1, -0.05) is 6.92 Å². The van der Waals surface area contributed by atoms with E-state index in [1.54, 1.807) is 0 Å². The van der Waals surface area contributed by atoms with Gasteiger partial charge in [0, 0.05) is 13.1 Å². The highest BCUT2D eigenvalue weighted by Crippen LogP contribution is 2.16. The van der Waals surface area contributed by atoms with E-state index in [1.807, 2.05) is 0 Å². The summed E-state index contributed by atoms with van der Waals surface area (Å²) in [5.41, 5.74) is 0. The maximum absolute atomic E-state index is 11.9. The summed E-state index contributed by atoms with van der Waals surface area (Å²) in [4.78, 5) is 2.21. The minimum absolute atomic E-state index is 0.161. The molecule has 0 amide bonds. The van der Waals surface area contributed by atoms with Crippen molar-refractivity contribution in [1.82, 2.24) is 10.2 Å². The first-order valence-electron chi connectivity index (χ1n) is 7.09. The zero-order chi connectivity index (χ0) is 14.1. The average molecular weight is 282 g/mol. The monoisotopic (exact) mass is 282 g/mol. The largest absolute Gasteiger partial charge is 0.411 e. The number of rotatable bonds is 8. The van der Waals surface area contributed by atoms with Crippen molar-refractivity contribution in [3.8, 4) is 0 Å². The summed E-state index contributed by atoms with van der Waals surface area (Å²) in [5, 5.41) is 3.41. The van der Waals surface area contributed by atoms with Crippen molar-refractivity contribution < 1.29 is 17.9 Å². The van der Waals surface area contributed by atoms with Crippen LogP contribution in [0.15, 0.2) is 0 Å². The van der Waals surface area contributed by atoms with Crippen molar-refractivity contribution in [3.05, 3.63) is 0 Å². The number of hydrogen-bond acceptors (Lipinski definition) is 3. The molecule has 1 saturated heterocycles.